The van der Waals surface area contributed by atoms with Gasteiger partial charge in [-0.15, -0.1) is 30.6 Å². The average Bonchev–Trinajstić information content (AvgIpc) is 3.20. The predicted octanol–water partition coefficient (Wildman–Crippen LogP) is 3.63. The van der Waals surface area contributed by atoms with Crippen LogP contribution in [0, 0.1) is 0 Å². The van der Waals surface area contributed by atoms with Crippen molar-refractivity contribution >= 4 is 35.6 Å². The van der Waals surface area contributed by atoms with Crippen LogP contribution in [-0.2, 0) is 12.8 Å². The van der Waals surface area contributed by atoms with E-state index < -0.39 is 0 Å². The molecular formula is C18H22IN3O. The monoisotopic (exact) mass is 423 g/mol. The molecule has 1 aromatic heterocycles. The van der Waals surface area contributed by atoms with E-state index in [-0.39, 0.29) is 24.0 Å². The van der Waals surface area contributed by atoms with E-state index in [4.69, 9.17) is 9.41 Å². The summed E-state index contributed by atoms with van der Waals surface area (Å²) in [5, 5.41) is 3.36. The molecule has 0 fully saturated rings. The molecule has 0 saturated heterocycles. The smallest absolute Gasteiger partial charge is 0.198 e. The third kappa shape index (κ3) is 4.37. The lowest BCUT2D eigenvalue weighted by Crippen LogP contribution is -2.41. The topological polar surface area (TPSA) is 40.8 Å². The van der Waals surface area contributed by atoms with Gasteiger partial charge in [0.25, 0.3) is 0 Å². The predicted molar refractivity (Wildman–Crippen MR) is 106 cm³/mol. The Kier molecular flexibility index (Phi) is 6.70. The molecule has 3 rings (SSSR count). The number of rotatable bonds is 5. The minimum atomic E-state index is 0. The number of para-hydroxylation sites is 1. The van der Waals surface area contributed by atoms with Crippen molar-refractivity contribution in [1.29, 1.82) is 0 Å². The fraction of sp³-hybridized carbons (Fsp3) is 0.278. The second-order valence-corrected chi connectivity index (χ2v) is 5.23. The number of anilines is 1. The van der Waals surface area contributed by atoms with Gasteiger partial charge in [0, 0.05) is 31.7 Å². The van der Waals surface area contributed by atoms with Crippen molar-refractivity contribution in [3.63, 3.8) is 0 Å². The molecule has 1 N–H and O–H groups in total. The van der Waals surface area contributed by atoms with E-state index in [1.165, 1.54) is 11.3 Å². The molecule has 0 amide bonds. The molecule has 2 heterocycles. The molecule has 0 radical (unpaired) electrons. The lowest BCUT2D eigenvalue weighted by atomic mass is 10.2. The molecule has 0 unspecified atom stereocenters. The first-order valence-corrected chi connectivity index (χ1v) is 7.65. The summed E-state index contributed by atoms with van der Waals surface area (Å²) in [5.41, 5.74) is 2.62. The van der Waals surface area contributed by atoms with Gasteiger partial charge in [0.05, 0.1) is 6.26 Å². The Morgan fingerprint density at radius 1 is 1.30 bits per heavy atom. The Bertz CT molecular complexity index is 652. The van der Waals surface area contributed by atoms with E-state index in [0.29, 0.717) is 13.1 Å². The maximum Gasteiger partial charge on any atom is 0.198 e. The maximum atomic E-state index is 5.36. The molecule has 0 spiro atoms. The second kappa shape index (κ2) is 8.76. The molecule has 122 valence electrons. The number of benzene rings is 1. The van der Waals surface area contributed by atoms with Gasteiger partial charge in [0.2, 0.25) is 0 Å². The zero-order chi connectivity index (χ0) is 15.2. The Balaban J connectivity index is 0.00000192. The van der Waals surface area contributed by atoms with Crippen molar-refractivity contribution in [2.75, 3.05) is 24.5 Å². The summed E-state index contributed by atoms with van der Waals surface area (Å²) in [6.07, 6.45) is 5.42. The van der Waals surface area contributed by atoms with Crippen LogP contribution in [0.1, 0.15) is 11.3 Å². The molecule has 1 aliphatic rings. The third-order valence-corrected chi connectivity index (χ3v) is 3.75. The lowest BCUT2D eigenvalue weighted by Gasteiger charge is -2.22. The number of nitrogens with zero attached hydrogens (tertiary/aromatic N) is 2. The summed E-state index contributed by atoms with van der Waals surface area (Å²) in [4.78, 5) is 6.99. The Labute approximate surface area is 154 Å². The number of furan rings is 1. The highest BCUT2D eigenvalue weighted by atomic mass is 127. The highest BCUT2D eigenvalue weighted by Crippen LogP contribution is 2.27. The third-order valence-electron chi connectivity index (χ3n) is 3.75. The largest absolute Gasteiger partial charge is 0.469 e. The van der Waals surface area contributed by atoms with E-state index in [9.17, 15) is 0 Å². The Morgan fingerprint density at radius 2 is 2.17 bits per heavy atom. The lowest BCUT2D eigenvalue weighted by molar-refractivity contribution is 0.511. The van der Waals surface area contributed by atoms with E-state index >= 15 is 0 Å². The van der Waals surface area contributed by atoms with Crippen molar-refractivity contribution in [1.82, 2.24) is 5.32 Å². The average molecular weight is 423 g/mol. The van der Waals surface area contributed by atoms with E-state index in [2.05, 4.69) is 41.1 Å². The summed E-state index contributed by atoms with van der Waals surface area (Å²) < 4.78 is 5.36. The van der Waals surface area contributed by atoms with Crippen molar-refractivity contribution in [2.24, 2.45) is 4.99 Å². The number of fused-ring (bicyclic) bond motifs is 1. The van der Waals surface area contributed by atoms with E-state index in [1.54, 1.807) is 6.26 Å². The zero-order valence-corrected chi connectivity index (χ0v) is 15.4. The quantitative estimate of drug-likeness (QED) is 0.346. The summed E-state index contributed by atoms with van der Waals surface area (Å²) in [6, 6.07) is 12.4. The SMILES string of the molecule is C=CCNC(=NCCc1ccco1)N1CCc2ccccc21.I. The molecule has 0 aliphatic carbocycles. The number of aliphatic imine (C=N–C) groups is 1. The number of halogens is 1. The number of hydrogen-bond acceptors (Lipinski definition) is 2. The van der Waals surface area contributed by atoms with Crippen molar-refractivity contribution in [3.05, 3.63) is 66.6 Å². The molecular weight excluding hydrogens is 401 g/mol. The molecule has 0 saturated carbocycles. The minimum absolute atomic E-state index is 0. The van der Waals surface area contributed by atoms with Crippen LogP contribution in [-0.4, -0.2) is 25.6 Å². The second-order valence-electron chi connectivity index (χ2n) is 5.23. The van der Waals surface area contributed by atoms with Gasteiger partial charge in [0.1, 0.15) is 5.76 Å². The van der Waals surface area contributed by atoms with Gasteiger partial charge < -0.3 is 14.6 Å². The van der Waals surface area contributed by atoms with Crippen LogP contribution in [0.5, 0.6) is 0 Å². The first-order chi connectivity index (χ1) is 10.9. The first-order valence-electron chi connectivity index (χ1n) is 7.65. The van der Waals surface area contributed by atoms with Crippen molar-refractivity contribution in [2.45, 2.75) is 12.8 Å². The fourth-order valence-electron chi connectivity index (χ4n) is 2.69. The number of hydrogen-bond donors (Lipinski definition) is 1. The van der Waals surface area contributed by atoms with E-state index in [1.807, 2.05) is 18.2 Å². The Hall–Kier alpha value is -1.76. The van der Waals surface area contributed by atoms with Crippen LogP contribution < -0.4 is 10.2 Å². The highest BCUT2D eigenvalue weighted by molar-refractivity contribution is 14.0. The van der Waals surface area contributed by atoms with Gasteiger partial charge in [0.15, 0.2) is 5.96 Å². The molecule has 1 aliphatic heterocycles. The molecule has 1 aromatic carbocycles. The zero-order valence-electron chi connectivity index (χ0n) is 13.1. The van der Waals surface area contributed by atoms with Gasteiger partial charge >= 0.3 is 0 Å². The van der Waals surface area contributed by atoms with Crippen LogP contribution in [0.15, 0.2) is 64.7 Å². The molecule has 0 bridgehead atoms. The molecule has 23 heavy (non-hydrogen) atoms. The van der Waals surface area contributed by atoms with Gasteiger partial charge in [-0.25, -0.2) is 0 Å². The standard InChI is InChI=1S/C18H21N3O.HI/c1-2-11-19-18(20-12-9-16-7-5-14-22-16)21-13-10-15-6-3-4-8-17(15)21;/h2-8,14H,1,9-13H2,(H,19,20);1H. The minimum Gasteiger partial charge on any atom is -0.469 e. The van der Waals surface area contributed by atoms with Gasteiger partial charge in [-0.2, -0.15) is 0 Å². The maximum absolute atomic E-state index is 5.36. The van der Waals surface area contributed by atoms with Gasteiger partial charge in [-0.3, -0.25) is 4.99 Å². The fourth-order valence-corrected chi connectivity index (χ4v) is 2.69. The number of nitrogens with one attached hydrogen (secondary N) is 1. The molecule has 0 atom stereocenters. The van der Waals surface area contributed by atoms with Crippen LogP contribution in [0.4, 0.5) is 5.69 Å². The summed E-state index contributed by atoms with van der Waals surface area (Å²) in [7, 11) is 0. The van der Waals surface area contributed by atoms with Crippen LogP contribution >= 0.6 is 24.0 Å². The number of guanidine groups is 1. The van der Waals surface area contributed by atoms with Crippen molar-refractivity contribution < 1.29 is 4.42 Å². The highest BCUT2D eigenvalue weighted by Gasteiger charge is 2.22. The first kappa shape index (κ1) is 17.6. The molecule has 4 nitrogen and oxygen atoms in total. The molecule has 5 heteroatoms. The molecule has 2 aromatic rings. The summed E-state index contributed by atoms with van der Waals surface area (Å²) >= 11 is 0. The van der Waals surface area contributed by atoms with Gasteiger partial charge in [-0.1, -0.05) is 24.3 Å². The van der Waals surface area contributed by atoms with Crippen LogP contribution in [0.3, 0.4) is 0 Å². The van der Waals surface area contributed by atoms with Crippen LogP contribution in [0.25, 0.3) is 0 Å². The normalized spacial score (nSPS) is 13.4. The summed E-state index contributed by atoms with van der Waals surface area (Å²) in [5.74, 6) is 1.88. The van der Waals surface area contributed by atoms with Crippen LogP contribution in [0.2, 0.25) is 0 Å². The summed E-state index contributed by atoms with van der Waals surface area (Å²) in [6.45, 7) is 6.14. The van der Waals surface area contributed by atoms with Crippen molar-refractivity contribution in [3.8, 4) is 0 Å². The Morgan fingerprint density at radius 3 is 2.96 bits per heavy atom. The van der Waals surface area contributed by atoms with E-state index in [0.717, 1.165) is 31.1 Å². The van der Waals surface area contributed by atoms with Gasteiger partial charge in [-0.05, 0) is 30.2 Å².